The number of methoxy groups -OCH3 is 1. The van der Waals surface area contributed by atoms with E-state index in [1.54, 1.807) is 13.4 Å². The van der Waals surface area contributed by atoms with Crippen LogP contribution in [0.4, 0.5) is 5.69 Å². The van der Waals surface area contributed by atoms with Gasteiger partial charge in [0.2, 0.25) is 0 Å². The molecular formula is C17H22N6OS. The van der Waals surface area contributed by atoms with Gasteiger partial charge in [0.1, 0.15) is 24.4 Å². The van der Waals surface area contributed by atoms with Crippen molar-refractivity contribution in [1.82, 2.24) is 19.8 Å². The highest BCUT2D eigenvalue weighted by atomic mass is 32.1. The first-order valence-electron chi connectivity index (χ1n) is 8.04. The van der Waals surface area contributed by atoms with E-state index in [-0.39, 0.29) is 11.5 Å². The first-order valence-corrected chi connectivity index (χ1v) is 8.45. The Kier molecular flexibility index (Phi) is 4.71. The molecule has 1 aromatic carbocycles. The minimum absolute atomic E-state index is 0.0121. The van der Waals surface area contributed by atoms with E-state index in [9.17, 15) is 0 Å². The molecule has 3 rings (SSSR count). The van der Waals surface area contributed by atoms with E-state index in [1.165, 1.54) is 6.33 Å². The van der Waals surface area contributed by atoms with Crippen LogP contribution in [0.15, 0.2) is 42.0 Å². The SMILES string of the molecule is COc1ccc(NC(=S)N2CC(n3cncn3)C(C(C)(C)C)=N2)cc1. The summed E-state index contributed by atoms with van der Waals surface area (Å²) in [7, 11) is 1.64. The minimum Gasteiger partial charge on any atom is -0.497 e. The van der Waals surface area contributed by atoms with Gasteiger partial charge in [0.05, 0.1) is 19.4 Å². The van der Waals surface area contributed by atoms with E-state index in [2.05, 4.69) is 36.2 Å². The van der Waals surface area contributed by atoms with Crippen molar-refractivity contribution < 1.29 is 4.74 Å². The minimum atomic E-state index is -0.0961. The molecule has 1 N–H and O–H groups in total. The van der Waals surface area contributed by atoms with Crippen LogP contribution in [0.5, 0.6) is 5.75 Å². The lowest BCUT2D eigenvalue weighted by Gasteiger charge is -2.23. The quantitative estimate of drug-likeness (QED) is 0.851. The smallest absolute Gasteiger partial charge is 0.194 e. The first kappa shape index (κ1) is 17.3. The second-order valence-corrected chi connectivity index (χ2v) is 7.25. The van der Waals surface area contributed by atoms with Gasteiger partial charge in [0.15, 0.2) is 5.11 Å². The molecule has 0 spiro atoms. The van der Waals surface area contributed by atoms with Crippen LogP contribution in [0.2, 0.25) is 0 Å². The van der Waals surface area contributed by atoms with Gasteiger partial charge >= 0.3 is 0 Å². The number of nitrogens with zero attached hydrogens (tertiary/aromatic N) is 5. The Labute approximate surface area is 152 Å². The van der Waals surface area contributed by atoms with E-state index < -0.39 is 0 Å². The van der Waals surface area contributed by atoms with Gasteiger partial charge in [-0.1, -0.05) is 20.8 Å². The Morgan fingerprint density at radius 2 is 2.00 bits per heavy atom. The highest BCUT2D eigenvalue weighted by molar-refractivity contribution is 7.80. The summed E-state index contributed by atoms with van der Waals surface area (Å²) < 4.78 is 7.01. The van der Waals surface area contributed by atoms with Gasteiger partial charge < -0.3 is 10.1 Å². The van der Waals surface area contributed by atoms with E-state index in [0.717, 1.165) is 17.1 Å². The van der Waals surface area contributed by atoms with Crippen molar-refractivity contribution in [3.05, 3.63) is 36.9 Å². The zero-order valence-electron chi connectivity index (χ0n) is 14.8. The molecule has 0 saturated carbocycles. The Morgan fingerprint density at radius 1 is 1.28 bits per heavy atom. The number of anilines is 1. The Hall–Kier alpha value is -2.48. The molecule has 1 aliphatic heterocycles. The largest absolute Gasteiger partial charge is 0.497 e. The molecule has 7 nitrogen and oxygen atoms in total. The van der Waals surface area contributed by atoms with E-state index >= 15 is 0 Å². The fourth-order valence-electron chi connectivity index (χ4n) is 2.72. The average Bonchev–Trinajstić information content (AvgIpc) is 3.24. The number of hydrazone groups is 1. The van der Waals surface area contributed by atoms with Crippen LogP contribution in [0.25, 0.3) is 0 Å². The molecule has 1 aliphatic rings. The maximum absolute atomic E-state index is 5.55. The van der Waals surface area contributed by atoms with Crippen LogP contribution < -0.4 is 10.1 Å². The molecule has 0 amide bonds. The molecule has 1 atom stereocenters. The predicted molar refractivity (Wildman–Crippen MR) is 102 cm³/mol. The Bertz CT molecular complexity index is 763. The molecular weight excluding hydrogens is 336 g/mol. The zero-order chi connectivity index (χ0) is 18.0. The fourth-order valence-corrected chi connectivity index (χ4v) is 2.95. The van der Waals surface area contributed by atoms with Crippen molar-refractivity contribution >= 4 is 28.7 Å². The number of hydrogen-bond donors (Lipinski definition) is 1. The van der Waals surface area contributed by atoms with Crippen molar-refractivity contribution in [3.8, 4) is 5.75 Å². The summed E-state index contributed by atoms with van der Waals surface area (Å²) in [6.07, 6.45) is 3.26. The number of benzene rings is 1. The van der Waals surface area contributed by atoms with Crippen molar-refractivity contribution in [3.63, 3.8) is 0 Å². The highest BCUT2D eigenvalue weighted by Gasteiger charge is 2.37. The molecule has 2 aromatic rings. The third kappa shape index (κ3) is 3.79. The van der Waals surface area contributed by atoms with Gasteiger partial charge in [0, 0.05) is 11.1 Å². The number of nitrogens with one attached hydrogen (secondary N) is 1. The lowest BCUT2D eigenvalue weighted by molar-refractivity contribution is 0.415. The topological polar surface area (TPSA) is 67.6 Å². The number of rotatable bonds is 3. The van der Waals surface area contributed by atoms with Crippen molar-refractivity contribution in [2.24, 2.45) is 10.5 Å². The maximum atomic E-state index is 5.55. The zero-order valence-corrected chi connectivity index (χ0v) is 15.6. The molecule has 2 heterocycles. The molecule has 0 bridgehead atoms. The normalized spacial score (nSPS) is 17.4. The third-order valence-electron chi connectivity index (χ3n) is 3.99. The first-order chi connectivity index (χ1) is 11.9. The van der Waals surface area contributed by atoms with Gasteiger partial charge in [-0.15, -0.1) is 0 Å². The standard InChI is InChI=1S/C17H22N6OS/c1-17(2,3)15-14(23-11-18-10-19-23)9-22(21-15)16(25)20-12-5-7-13(24-4)8-6-12/h5-8,10-11,14H,9H2,1-4H3,(H,20,25). The van der Waals surface area contributed by atoms with Gasteiger partial charge in [-0.25, -0.2) is 14.7 Å². The molecule has 1 unspecified atom stereocenters. The summed E-state index contributed by atoms with van der Waals surface area (Å²) in [5.74, 6) is 0.803. The second-order valence-electron chi connectivity index (χ2n) is 6.87. The molecule has 8 heteroatoms. The fraction of sp³-hybridized carbons (Fsp3) is 0.412. The number of ether oxygens (including phenoxy) is 1. The molecule has 0 saturated heterocycles. The number of thiocarbonyl (C=S) groups is 1. The second kappa shape index (κ2) is 6.79. The summed E-state index contributed by atoms with van der Waals surface area (Å²) in [5, 5.41) is 14.6. The van der Waals surface area contributed by atoms with E-state index in [4.69, 9.17) is 22.1 Å². The molecule has 0 aliphatic carbocycles. The van der Waals surface area contributed by atoms with Crippen LogP contribution in [0.3, 0.4) is 0 Å². The summed E-state index contributed by atoms with van der Waals surface area (Å²) in [5.41, 5.74) is 1.82. The maximum Gasteiger partial charge on any atom is 0.194 e. The molecule has 25 heavy (non-hydrogen) atoms. The van der Waals surface area contributed by atoms with Crippen molar-refractivity contribution in [2.45, 2.75) is 26.8 Å². The van der Waals surface area contributed by atoms with Gasteiger partial charge in [-0.05, 0) is 36.5 Å². The van der Waals surface area contributed by atoms with Gasteiger partial charge in [0.25, 0.3) is 0 Å². The van der Waals surface area contributed by atoms with Crippen molar-refractivity contribution in [1.29, 1.82) is 0 Å². The molecule has 132 valence electrons. The molecule has 0 fully saturated rings. The summed E-state index contributed by atoms with van der Waals surface area (Å²) in [6.45, 7) is 7.04. The van der Waals surface area contributed by atoms with Gasteiger partial charge in [-0.3, -0.25) is 0 Å². The van der Waals surface area contributed by atoms with Crippen LogP contribution in [0.1, 0.15) is 26.8 Å². The lowest BCUT2D eigenvalue weighted by atomic mass is 9.86. The number of hydrogen-bond acceptors (Lipinski definition) is 5. The van der Waals surface area contributed by atoms with Crippen LogP contribution >= 0.6 is 12.2 Å². The monoisotopic (exact) mass is 358 g/mol. The van der Waals surface area contributed by atoms with Crippen molar-refractivity contribution in [2.75, 3.05) is 19.0 Å². The summed E-state index contributed by atoms with van der Waals surface area (Å²) >= 11 is 5.55. The predicted octanol–water partition coefficient (Wildman–Crippen LogP) is 2.94. The van der Waals surface area contributed by atoms with Crippen LogP contribution in [-0.2, 0) is 0 Å². The molecule has 1 aromatic heterocycles. The van der Waals surface area contributed by atoms with E-state index in [1.807, 2.05) is 34.0 Å². The van der Waals surface area contributed by atoms with Gasteiger partial charge in [-0.2, -0.15) is 10.2 Å². The average molecular weight is 358 g/mol. The Morgan fingerprint density at radius 3 is 2.56 bits per heavy atom. The van der Waals surface area contributed by atoms with E-state index in [0.29, 0.717) is 11.7 Å². The molecule has 0 radical (unpaired) electrons. The third-order valence-corrected chi connectivity index (χ3v) is 4.30. The summed E-state index contributed by atoms with van der Waals surface area (Å²) in [6, 6.07) is 7.63. The van der Waals surface area contributed by atoms with Crippen LogP contribution in [-0.4, -0.2) is 44.3 Å². The van der Waals surface area contributed by atoms with Crippen LogP contribution in [0, 0.1) is 5.41 Å². The lowest BCUT2D eigenvalue weighted by Crippen LogP contribution is -2.33. The Balaban J connectivity index is 1.77. The number of aromatic nitrogens is 3. The highest BCUT2D eigenvalue weighted by Crippen LogP contribution is 2.30. The summed E-state index contributed by atoms with van der Waals surface area (Å²) in [4.78, 5) is 4.06.